The Hall–Kier alpha value is -1.82. The monoisotopic (exact) mass is 384 g/mol. The first-order valence-corrected chi connectivity index (χ1v) is 10.6. The number of benzene rings is 2. The zero-order valence-corrected chi connectivity index (χ0v) is 17.2. The van der Waals surface area contributed by atoms with Gasteiger partial charge < -0.3 is 10.1 Å². The van der Waals surface area contributed by atoms with Gasteiger partial charge in [0.15, 0.2) is 0 Å². The Bertz CT molecular complexity index is 862. The molecule has 3 nitrogen and oxygen atoms in total. The van der Waals surface area contributed by atoms with Gasteiger partial charge in [-0.3, -0.25) is 0 Å². The zero-order chi connectivity index (χ0) is 18.5. The normalized spacial score (nSPS) is 12.2. The van der Waals surface area contributed by atoms with Crippen molar-refractivity contribution >= 4 is 23.1 Å². The molecular weight excluding hydrogens is 360 g/mol. The van der Waals surface area contributed by atoms with Gasteiger partial charge >= 0.3 is 0 Å². The topological polar surface area (TPSA) is 34.1 Å². The summed E-state index contributed by atoms with van der Waals surface area (Å²) in [7, 11) is 1.72. The van der Waals surface area contributed by atoms with Gasteiger partial charge in [0.1, 0.15) is 10.8 Å². The largest absolute Gasteiger partial charge is 0.496 e. The highest BCUT2D eigenvalue weighted by Gasteiger charge is 2.15. The molecule has 3 aromatic rings. The van der Waals surface area contributed by atoms with Gasteiger partial charge in [-0.2, -0.15) is 0 Å². The number of thiazole rings is 1. The molecule has 3 rings (SSSR count). The van der Waals surface area contributed by atoms with Crippen LogP contribution in [0.2, 0.25) is 0 Å². The molecule has 0 saturated carbocycles. The molecule has 1 N–H and O–H groups in total. The lowest BCUT2D eigenvalue weighted by Crippen LogP contribution is -2.18. The van der Waals surface area contributed by atoms with Crippen LogP contribution in [0.4, 0.5) is 0 Å². The van der Waals surface area contributed by atoms with E-state index in [1.807, 2.05) is 6.07 Å². The molecule has 0 aliphatic rings. The lowest BCUT2D eigenvalue weighted by Gasteiger charge is -2.14. The number of aryl methyl sites for hydroxylation is 1. The van der Waals surface area contributed by atoms with Crippen LogP contribution < -0.4 is 10.1 Å². The van der Waals surface area contributed by atoms with Crippen LogP contribution >= 0.6 is 23.1 Å². The van der Waals surface area contributed by atoms with Crippen molar-refractivity contribution in [1.29, 1.82) is 0 Å². The molecule has 1 unspecified atom stereocenters. The van der Waals surface area contributed by atoms with E-state index in [9.17, 15) is 0 Å². The second-order valence-electron chi connectivity index (χ2n) is 6.13. The molecule has 0 bridgehead atoms. The van der Waals surface area contributed by atoms with Gasteiger partial charge in [-0.05, 0) is 37.8 Å². The predicted octanol–water partition coefficient (Wildman–Crippen LogP) is 5.70. The quantitative estimate of drug-likeness (QED) is 0.530. The van der Waals surface area contributed by atoms with Crippen LogP contribution in [0.1, 0.15) is 29.1 Å². The van der Waals surface area contributed by atoms with Gasteiger partial charge in [0.25, 0.3) is 0 Å². The van der Waals surface area contributed by atoms with E-state index in [-0.39, 0.29) is 6.04 Å². The highest BCUT2D eigenvalue weighted by molar-refractivity contribution is 7.98. The molecule has 5 heteroatoms. The number of aromatic nitrogens is 1. The predicted molar refractivity (Wildman–Crippen MR) is 112 cm³/mol. The Kier molecular flexibility index (Phi) is 6.35. The summed E-state index contributed by atoms with van der Waals surface area (Å²) in [5.74, 6) is 0.935. The number of nitrogens with one attached hydrogen (secondary N) is 1. The third-order valence-corrected chi connectivity index (χ3v) is 6.47. The van der Waals surface area contributed by atoms with Crippen molar-refractivity contribution in [2.24, 2.45) is 0 Å². The van der Waals surface area contributed by atoms with Gasteiger partial charge in [-0.25, -0.2) is 4.98 Å². The maximum absolute atomic E-state index is 5.48. The van der Waals surface area contributed by atoms with Crippen LogP contribution in [0.5, 0.6) is 5.75 Å². The van der Waals surface area contributed by atoms with E-state index in [2.05, 4.69) is 67.9 Å². The first-order valence-electron chi connectivity index (χ1n) is 8.59. The van der Waals surface area contributed by atoms with Crippen LogP contribution in [0.15, 0.2) is 53.4 Å². The molecule has 0 radical (unpaired) electrons. The number of rotatable bonds is 7. The minimum atomic E-state index is 0.246. The van der Waals surface area contributed by atoms with Gasteiger partial charge in [0.2, 0.25) is 0 Å². The van der Waals surface area contributed by atoms with Crippen molar-refractivity contribution in [2.75, 3.05) is 13.4 Å². The van der Waals surface area contributed by atoms with Crippen LogP contribution in [0.3, 0.4) is 0 Å². The van der Waals surface area contributed by atoms with Crippen LogP contribution in [0.25, 0.3) is 10.6 Å². The standard InChI is InChI=1S/C21H24N2OS2/c1-14(22-13-16-10-11-19(25-4)18(12-16)24-3)20-15(2)23-21(26-20)17-8-6-5-7-9-17/h5-12,14,22H,13H2,1-4H3. The van der Waals surface area contributed by atoms with Crippen LogP contribution in [-0.2, 0) is 6.54 Å². The molecular formula is C21H24N2OS2. The first-order chi connectivity index (χ1) is 12.6. The average Bonchev–Trinajstić information content (AvgIpc) is 3.08. The molecule has 0 amide bonds. The second kappa shape index (κ2) is 8.71. The summed E-state index contributed by atoms with van der Waals surface area (Å²) in [5.41, 5.74) is 3.50. The van der Waals surface area contributed by atoms with E-state index in [0.29, 0.717) is 0 Å². The molecule has 0 spiro atoms. The van der Waals surface area contributed by atoms with Crippen molar-refractivity contribution in [3.63, 3.8) is 0 Å². The van der Waals surface area contributed by atoms with E-state index in [1.165, 1.54) is 16.0 Å². The first kappa shape index (κ1) is 19.0. The van der Waals surface area contributed by atoms with E-state index in [1.54, 1.807) is 30.2 Å². The molecule has 0 saturated heterocycles. The number of hydrogen-bond acceptors (Lipinski definition) is 5. The van der Waals surface area contributed by atoms with Gasteiger partial charge in [0.05, 0.1) is 12.8 Å². The molecule has 0 aliphatic carbocycles. The van der Waals surface area contributed by atoms with Gasteiger partial charge in [-0.1, -0.05) is 36.4 Å². The molecule has 1 heterocycles. The number of nitrogens with zero attached hydrogens (tertiary/aromatic N) is 1. The highest BCUT2D eigenvalue weighted by Crippen LogP contribution is 2.32. The minimum Gasteiger partial charge on any atom is -0.496 e. The summed E-state index contributed by atoms with van der Waals surface area (Å²) in [6, 6.07) is 17.0. The van der Waals surface area contributed by atoms with E-state index < -0.39 is 0 Å². The van der Waals surface area contributed by atoms with Crippen molar-refractivity contribution in [3.05, 3.63) is 64.7 Å². The SMILES string of the molecule is COc1cc(CNC(C)c2sc(-c3ccccc3)nc2C)ccc1SC. The summed E-state index contributed by atoms with van der Waals surface area (Å²) < 4.78 is 5.48. The fraction of sp³-hybridized carbons (Fsp3) is 0.286. The van der Waals surface area contributed by atoms with Crippen molar-refractivity contribution in [3.8, 4) is 16.3 Å². The Morgan fingerprint density at radius 2 is 1.96 bits per heavy atom. The Morgan fingerprint density at radius 1 is 1.19 bits per heavy atom. The summed E-state index contributed by atoms with van der Waals surface area (Å²) in [6.45, 7) is 5.08. The lowest BCUT2D eigenvalue weighted by atomic mass is 10.2. The maximum atomic E-state index is 5.48. The Balaban J connectivity index is 1.71. The lowest BCUT2D eigenvalue weighted by molar-refractivity contribution is 0.404. The highest BCUT2D eigenvalue weighted by atomic mass is 32.2. The third kappa shape index (κ3) is 4.29. The second-order valence-corrected chi connectivity index (χ2v) is 8.01. The number of thioether (sulfide) groups is 1. The fourth-order valence-electron chi connectivity index (χ4n) is 2.87. The summed E-state index contributed by atoms with van der Waals surface area (Å²) in [4.78, 5) is 7.21. The van der Waals surface area contributed by atoms with Crippen molar-refractivity contribution < 1.29 is 4.74 Å². The fourth-order valence-corrected chi connectivity index (χ4v) is 4.51. The van der Waals surface area contributed by atoms with Crippen LogP contribution in [-0.4, -0.2) is 18.3 Å². The number of methoxy groups -OCH3 is 1. The van der Waals surface area contributed by atoms with Gasteiger partial charge in [0, 0.05) is 27.9 Å². The molecule has 2 aromatic carbocycles. The number of hydrogen-bond donors (Lipinski definition) is 1. The Morgan fingerprint density at radius 3 is 2.65 bits per heavy atom. The molecule has 1 atom stereocenters. The Labute approximate surface area is 163 Å². The van der Waals surface area contributed by atoms with Crippen LogP contribution in [0, 0.1) is 6.92 Å². The third-order valence-electron chi connectivity index (χ3n) is 4.31. The van der Waals surface area contributed by atoms with E-state index >= 15 is 0 Å². The molecule has 26 heavy (non-hydrogen) atoms. The molecule has 136 valence electrons. The zero-order valence-electron chi connectivity index (χ0n) is 15.6. The average molecular weight is 385 g/mol. The number of ether oxygens (including phenoxy) is 1. The summed E-state index contributed by atoms with van der Waals surface area (Å²) >= 11 is 3.47. The van der Waals surface area contributed by atoms with E-state index in [0.717, 1.165) is 27.9 Å². The molecule has 0 aliphatic heterocycles. The van der Waals surface area contributed by atoms with Crippen molar-refractivity contribution in [2.45, 2.75) is 31.3 Å². The maximum Gasteiger partial charge on any atom is 0.132 e. The molecule has 1 aromatic heterocycles. The van der Waals surface area contributed by atoms with Crippen molar-refractivity contribution in [1.82, 2.24) is 10.3 Å². The summed E-state index contributed by atoms with van der Waals surface area (Å²) in [5, 5.41) is 4.70. The van der Waals surface area contributed by atoms with Gasteiger partial charge in [-0.15, -0.1) is 23.1 Å². The summed E-state index contributed by atoms with van der Waals surface area (Å²) in [6.07, 6.45) is 2.06. The smallest absolute Gasteiger partial charge is 0.132 e. The molecule has 0 fully saturated rings. The minimum absolute atomic E-state index is 0.246. The van der Waals surface area contributed by atoms with E-state index in [4.69, 9.17) is 9.72 Å².